The van der Waals surface area contributed by atoms with Crippen molar-refractivity contribution in [3.8, 4) is 5.75 Å². The second-order valence-electron chi connectivity index (χ2n) is 3.77. The van der Waals surface area contributed by atoms with Crippen LogP contribution < -0.4 is 5.32 Å². The maximum Gasteiger partial charge on any atom is 0.226 e. The van der Waals surface area contributed by atoms with Gasteiger partial charge in [-0.1, -0.05) is 12.1 Å². The molecule has 1 amide bonds. The lowest BCUT2D eigenvalue weighted by atomic mass is 10.1. The van der Waals surface area contributed by atoms with Crippen LogP contribution in [0.25, 0.3) is 0 Å². The van der Waals surface area contributed by atoms with Crippen LogP contribution in [0.15, 0.2) is 24.3 Å². The molecule has 1 rings (SSSR count). The number of carbonyl (C=O) groups is 1. The molecule has 0 atom stereocenters. The van der Waals surface area contributed by atoms with Gasteiger partial charge < -0.3 is 15.3 Å². The Morgan fingerprint density at radius 2 is 2.25 bits per heavy atom. The third-order valence-corrected chi connectivity index (χ3v) is 2.39. The number of amides is 1. The Morgan fingerprint density at radius 3 is 2.88 bits per heavy atom. The molecule has 88 valence electrons. The molecule has 0 radical (unpaired) electrons. The molecule has 0 aliphatic heterocycles. The van der Waals surface area contributed by atoms with Crippen LogP contribution >= 0.6 is 0 Å². The predicted octanol–water partition coefficient (Wildman–Crippen LogP) is 0.612. The lowest BCUT2D eigenvalue weighted by Crippen LogP contribution is -2.33. The van der Waals surface area contributed by atoms with E-state index in [0.29, 0.717) is 13.0 Å². The number of rotatable bonds is 5. The monoisotopic (exact) mass is 222 g/mol. The van der Waals surface area contributed by atoms with E-state index in [2.05, 4.69) is 5.32 Å². The molecule has 0 heterocycles. The highest BCUT2D eigenvalue weighted by atomic mass is 16.3. The van der Waals surface area contributed by atoms with Crippen LogP contribution in [0.3, 0.4) is 0 Å². The summed E-state index contributed by atoms with van der Waals surface area (Å²) >= 11 is 0. The minimum absolute atomic E-state index is 0.0563. The molecule has 0 saturated carbocycles. The van der Waals surface area contributed by atoms with Crippen LogP contribution in [0.2, 0.25) is 0 Å². The van der Waals surface area contributed by atoms with Gasteiger partial charge in [-0.25, -0.2) is 0 Å². The molecular formula is C12H18N2O2. The minimum atomic E-state index is 0.0563. The third kappa shape index (κ3) is 3.90. The zero-order chi connectivity index (χ0) is 12.0. The van der Waals surface area contributed by atoms with E-state index < -0.39 is 0 Å². The van der Waals surface area contributed by atoms with Crippen molar-refractivity contribution in [2.45, 2.75) is 6.42 Å². The van der Waals surface area contributed by atoms with Gasteiger partial charge in [-0.2, -0.15) is 0 Å². The lowest BCUT2D eigenvalue weighted by Gasteiger charge is -2.16. The van der Waals surface area contributed by atoms with Crippen molar-refractivity contribution in [3.63, 3.8) is 0 Å². The second kappa shape index (κ2) is 6.12. The molecule has 16 heavy (non-hydrogen) atoms. The highest BCUT2D eigenvalue weighted by molar-refractivity contribution is 5.78. The highest BCUT2D eigenvalue weighted by Gasteiger charge is 2.08. The summed E-state index contributed by atoms with van der Waals surface area (Å²) in [5, 5.41) is 12.3. The Bertz CT molecular complexity index is 353. The van der Waals surface area contributed by atoms with E-state index >= 15 is 0 Å². The highest BCUT2D eigenvalue weighted by Crippen LogP contribution is 2.11. The van der Waals surface area contributed by atoms with Gasteiger partial charge in [0, 0.05) is 20.1 Å². The third-order valence-electron chi connectivity index (χ3n) is 2.39. The average molecular weight is 222 g/mol. The number of nitrogens with zero attached hydrogens (tertiary/aromatic N) is 1. The largest absolute Gasteiger partial charge is 0.508 e. The van der Waals surface area contributed by atoms with E-state index in [-0.39, 0.29) is 11.7 Å². The van der Waals surface area contributed by atoms with E-state index in [1.165, 1.54) is 0 Å². The van der Waals surface area contributed by atoms with Crippen LogP contribution in [0.5, 0.6) is 5.75 Å². The van der Waals surface area contributed by atoms with Crippen LogP contribution in [0.4, 0.5) is 0 Å². The van der Waals surface area contributed by atoms with E-state index in [1.807, 2.05) is 13.1 Å². The van der Waals surface area contributed by atoms with Gasteiger partial charge in [0.1, 0.15) is 5.75 Å². The van der Waals surface area contributed by atoms with Crippen molar-refractivity contribution in [2.75, 3.05) is 27.2 Å². The molecule has 1 aromatic rings. The first-order chi connectivity index (χ1) is 7.63. The van der Waals surface area contributed by atoms with Crippen LogP contribution in [0, 0.1) is 0 Å². The molecule has 4 nitrogen and oxygen atoms in total. The summed E-state index contributed by atoms with van der Waals surface area (Å²) in [4.78, 5) is 13.4. The fraction of sp³-hybridized carbons (Fsp3) is 0.417. The molecule has 0 aromatic heterocycles. The molecule has 0 bridgehead atoms. The van der Waals surface area contributed by atoms with Gasteiger partial charge in [-0.05, 0) is 24.7 Å². The normalized spacial score (nSPS) is 10.1. The molecule has 2 N–H and O–H groups in total. The van der Waals surface area contributed by atoms with Crippen LogP contribution in [-0.4, -0.2) is 43.1 Å². The predicted molar refractivity (Wildman–Crippen MR) is 63.4 cm³/mol. The smallest absolute Gasteiger partial charge is 0.226 e. The molecule has 0 saturated heterocycles. The molecule has 0 fully saturated rings. The van der Waals surface area contributed by atoms with Crippen molar-refractivity contribution >= 4 is 5.91 Å². The molecule has 0 aliphatic carbocycles. The summed E-state index contributed by atoms with van der Waals surface area (Å²) in [6, 6.07) is 6.79. The average Bonchev–Trinajstić information content (AvgIpc) is 2.25. The first-order valence-electron chi connectivity index (χ1n) is 5.30. The quantitative estimate of drug-likeness (QED) is 0.767. The lowest BCUT2D eigenvalue weighted by molar-refractivity contribution is -0.129. The number of phenolic OH excluding ortho intramolecular Hbond substituents is 1. The number of benzene rings is 1. The molecule has 0 spiro atoms. The Labute approximate surface area is 95.9 Å². The molecule has 0 unspecified atom stereocenters. The van der Waals surface area contributed by atoms with Crippen molar-refractivity contribution < 1.29 is 9.90 Å². The molecule has 4 heteroatoms. The number of nitrogens with one attached hydrogen (secondary N) is 1. The second-order valence-corrected chi connectivity index (χ2v) is 3.77. The summed E-state index contributed by atoms with van der Waals surface area (Å²) in [5.41, 5.74) is 0.835. The van der Waals surface area contributed by atoms with Gasteiger partial charge >= 0.3 is 0 Å². The first kappa shape index (κ1) is 12.5. The van der Waals surface area contributed by atoms with Gasteiger partial charge in [0.2, 0.25) is 5.91 Å². The maximum atomic E-state index is 11.7. The fourth-order valence-corrected chi connectivity index (χ4v) is 1.38. The number of aromatic hydroxyl groups is 1. The van der Waals surface area contributed by atoms with Crippen LogP contribution in [-0.2, 0) is 11.2 Å². The Balaban J connectivity index is 2.50. The molecular weight excluding hydrogens is 204 g/mol. The number of hydrogen-bond acceptors (Lipinski definition) is 3. The minimum Gasteiger partial charge on any atom is -0.508 e. The van der Waals surface area contributed by atoms with Crippen molar-refractivity contribution in [1.82, 2.24) is 10.2 Å². The Hall–Kier alpha value is -1.55. The van der Waals surface area contributed by atoms with Gasteiger partial charge in [0.05, 0.1) is 6.42 Å². The Kier molecular flexibility index (Phi) is 4.79. The number of hydrogen-bond donors (Lipinski definition) is 2. The maximum absolute atomic E-state index is 11.7. The molecule has 1 aromatic carbocycles. The number of carbonyl (C=O) groups excluding carboxylic acids is 1. The standard InChI is InChI=1S/C12H18N2O2/c1-13-6-7-14(2)12(16)9-10-4-3-5-11(15)8-10/h3-5,8,13,15H,6-7,9H2,1-2H3. The van der Waals surface area contributed by atoms with E-state index in [0.717, 1.165) is 12.1 Å². The number of likely N-dealkylation sites (N-methyl/N-ethyl adjacent to an activating group) is 2. The fourth-order valence-electron chi connectivity index (χ4n) is 1.38. The van der Waals surface area contributed by atoms with E-state index in [9.17, 15) is 9.90 Å². The van der Waals surface area contributed by atoms with Crippen LogP contribution in [0.1, 0.15) is 5.56 Å². The zero-order valence-corrected chi connectivity index (χ0v) is 9.73. The summed E-state index contributed by atoms with van der Waals surface area (Å²) < 4.78 is 0. The summed E-state index contributed by atoms with van der Waals surface area (Å²) in [6.07, 6.45) is 0.328. The summed E-state index contributed by atoms with van der Waals surface area (Å²) in [7, 11) is 3.63. The van der Waals surface area contributed by atoms with Crippen molar-refractivity contribution in [1.29, 1.82) is 0 Å². The van der Waals surface area contributed by atoms with E-state index in [4.69, 9.17) is 0 Å². The summed E-state index contributed by atoms with van der Waals surface area (Å²) in [5.74, 6) is 0.254. The van der Waals surface area contributed by atoms with Gasteiger partial charge in [0.15, 0.2) is 0 Å². The van der Waals surface area contributed by atoms with Crippen molar-refractivity contribution in [2.24, 2.45) is 0 Å². The first-order valence-corrected chi connectivity index (χ1v) is 5.30. The zero-order valence-electron chi connectivity index (χ0n) is 9.73. The topological polar surface area (TPSA) is 52.6 Å². The van der Waals surface area contributed by atoms with Gasteiger partial charge in [-0.15, -0.1) is 0 Å². The molecule has 0 aliphatic rings. The SMILES string of the molecule is CNCCN(C)C(=O)Cc1cccc(O)c1. The van der Waals surface area contributed by atoms with Crippen molar-refractivity contribution in [3.05, 3.63) is 29.8 Å². The summed E-state index contributed by atoms with van der Waals surface area (Å²) in [6.45, 7) is 1.47. The Morgan fingerprint density at radius 1 is 1.50 bits per heavy atom. The van der Waals surface area contributed by atoms with Gasteiger partial charge in [0.25, 0.3) is 0 Å². The number of phenols is 1. The van der Waals surface area contributed by atoms with Gasteiger partial charge in [-0.3, -0.25) is 4.79 Å². The van der Waals surface area contributed by atoms with E-state index in [1.54, 1.807) is 30.1 Å².